The molecule has 1 aliphatic rings. The lowest BCUT2D eigenvalue weighted by molar-refractivity contribution is -0.114. The quantitative estimate of drug-likeness (QED) is 0.670. The lowest BCUT2D eigenvalue weighted by atomic mass is 10.2. The smallest absolute Gasteiger partial charge is 0.255 e. The number of fused-ring (bicyclic) bond motifs is 1. The number of benzene rings is 1. The van der Waals surface area contributed by atoms with E-state index in [-0.39, 0.29) is 17.1 Å². The highest BCUT2D eigenvalue weighted by atomic mass is 32.2. The van der Waals surface area contributed by atoms with Crippen LogP contribution in [0.15, 0.2) is 29.2 Å². The molecule has 0 spiro atoms. The zero-order valence-electron chi connectivity index (χ0n) is 8.56. The SMILES string of the molecule is CC1C(=O)Sc2ccccc2C(=O)N1C. The van der Waals surface area contributed by atoms with E-state index in [2.05, 4.69) is 0 Å². The van der Waals surface area contributed by atoms with Gasteiger partial charge in [0, 0.05) is 11.9 Å². The maximum Gasteiger partial charge on any atom is 0.255 e. The van der Waals surface area contributed by atoms with Gasteiger partial charge in [0.05, 0.1) is 11.6 Å². The van der Waals surface area contributed by atoms with Gasteiger partial charge in [-0.1, -0.05) is 12.1 Å². The highest BCUT2D eigenvalue weighted by Gasteiger charge is 2.30. The summed E-state index contributed by atoms with van der Waals surface area (Å²) >= 11 is 1.15. The van der Waals surface area contributed by atoms with Crippen molar-refractivity contribution in [2.45, 2.75) is 17.9 Å². The van der Waals surface area contributed by atoms with Crippen LogP contribution in [-0.4, -0.2) is 29.0 Å². The highest BCUT2D eigenvalue weighted by molar-refractivity contribution is 8.13. The second kappa shape index (κ2) is 3.70. The van der Waals surface area contributed by atoms with E-state index in [1.165, 1.54) is 4.90 Å². The third-order valence-electron chi connectivity index (χ3n) is 2.57. The van der Waals surface area contributed by atoms with Crippen molar-refractivity contribution in [2.24, 2.45) is 0 Å². The van der Waals surface area contributed by atoms with Crippen LogP contribution in [0, 0.1) is 0 Å². The van der Waals surface area contributed by atoms with Crippen LogP contribution >= 0.6 is 11.8 Å². The Bertz CT molecular complexity index is 430. The Balaban J connectivity index is 2.53. The van der Waals surface area contributed by atoms with E-state index in [9.17, 15) is 9.59 Å². The Labute approximate surface area is 92.5 Å². The number of amides is 1. The second-order valence-corrected chi connectivity index (χ2v) is 4.56. The molecule has 0 N–H and O–H groups in total. The topological polar surface area (TPSA) is 37.4 Å². The third-order valence-corrected chi connectivity index (χ3v) is 3.69. The van der Waals surface area contributed by atoms with Gasteiger partial charge in [-0.3, -0.25) is 9.59 Å². The van der Waals surface area contributed by atoms with E-state index < -0.39 is 0 Å². The summed E-state index contributed by atoms with van der Waals surface area (Å²) in [5.74, 6) is -0.0866. The van der Waals surface area contributed by atoms with Gasteiger partial charge in [-0.15, -0.1) is 0 Å². The average molecular weight is 221 g/mol. The fourth-order valence-electron chi connectivity index (χ4n) is 1.45. The van der Waals surface area contributed by atoms with Crippen molar-refractivity contribution in [3.05, 3.63) is 29.8 Å². The molecule has 78 valence electrons. The summed E-state index contributed by atoms with van der Waals surface area (Å²) < 4.78 is 0. The van der Waals surface area contributed by atoms with Gasteiger partial charge >= 0.3 is 0 Å². The molecule has 1 aromatic rings. The number of carbonyl (C=O) groups is 2. The zero-order valence-corrected chi connectivity index (χ0v) is 9.38. The molecule has 4 heteroatoms. The van der Waals surface area contributed by atoms with Gasteiger partial charge in [0.2, 0.25) is 5.12 Å². The lowest BCUT2D eigenvalue weighted by Crippen LogP contribution is -2.37. The monoisotopic (exact) mass is 221 g/mol. The number of likely N-dealkylation sites (N-methyl/N-ethyl adjacent to an activating group) is 1. The summed E-state index contributed by atoms with van der Waals surface area (Å²) in [6, 6.07) is 6.84. The fourth-order valence-corrected chi connectivity index (χ4v) is 2.41. The van der Waals surface area contributed by atoms with Crippen molar-refractivity contribution in [1.82, 2.24) is 4.90 Å². The molecule has 0 aromatic heterocycles. The molecule has 1 aromatic carbocycles. The first-order chi connectivity index (χ1) is 7.11. The van der Waals surface area contributed by atoms with Crippen molar-refractivity contribution in [1.29, 1.82) is 0 Å². The summed E-state index contributed by atoms with van der Waals surface area (Å²) in [7, 11) is 1.66. The van der Waals surface area contributed by atoms with Crippen LogP contribution in [0.3, 0.4) is 0 Å². The number of rotatable bonds is 0. The van der Waals surface area contributed by atoms with E-state index in [1.807, 2.05) is 18.2 Å². The van der Waals surface area contributed by atoms with Crippen molar-refractivity contribution in [3.8, 4) is 0 Å². The average Bonchev–Trinajstić information content (AvgIpc) is 2.32. The minimum Gasteiger partial charge on any atom is -0.331 e. The molecular formula is C11H11NO2S. The first kappa shape index (κ1) is 10.2. The Morgan fingerprint density at radius 2 is 1.93 bits per heavy atom. The molecule has 0 radical (unpaired) electrons. The number of nitrogens with zero attached hydrogens (tertiary/aromatic N) is 1. The standard InChI is InChI=1S/C11H11NO2S/c1-7-11(14)15-9-6-4-3-5-8(9)10(13)12(7)2/h3-7H,1-2H3. The van der Waals surface area contributed by atoms with Crippen LogP contribution in [0.5, 0.6) is 0 Å². The van der Waals surface area contributed by atoms with Gasteiger partial charge < -0.3 is 4.90 Å². The van der Waals surface area contributed by atoms with E-state index >= 15 is 0 Å². The molecule has 0 saturated heterocycles. The van der Waals surface area contributed by atoms with Gasteiger partial charge in [-0.2, -0.15) is 0 Å². The van der Waals surface area contributed by atoms with Gasteiger partial charge in [0.15, 0.2) is 0 Å². The fraction of sp³-hybridized carbons (Fsp3) is 0.273. The Kier molecular flexibility index (Phi) is 2.52. The maximum absolute atomic E-state index is 12.0. The number of hydrogen-bond acceptors (Lipinski definition) is 3. The predicted molar refractivity (Wildman–Crippen MR) is 58.9 cm³/mol. The minimum atomic E-state index is -0.366. The molecule has 1 unspecified atom stereocenters. The number of thioether (sulfide) groups is 1. The molecule has 1 aliphatic heterocycles. The normalized spacial score (nSPS) is 21.2. The van der Waals surface area contributed by atoms with Crippen LogP contribution in [0.2, 0.25) is 0 Å². The predicted octanol–water partition coefficient (Wildman–Crippen LogP) is 1.78. The molecule has 0 fully saturated rings. The molecule has 0 aliphatic carbocycles. The van der Waals surface area contributed by atoms with Crippen LogP contribution < -0.4 is 0 Å². The largest absolute Gasteiger partial charge is 0.331 e. The summed E-state index contributed by atoms with van der Waals surface area (Å²) in [6.45, 7) is 1.75. The number of hydrogen-bond donors (Lipinski definition) is 0. The van der Waals surface area contributed by atoms with Gasteiger partial charge in [-0.05, 0) is 30.8 Å². The van der Waals surface area contributed by atoms with Crippen molar-refractivity contribution < 1.29 is 9.59 Å². The molecule has 3 nitrogen and oxygen atoms in total. The molecule has 1 atom stereocenters. The molecule has 0 bridgehead atoms. The van der Waals surface area contributed by atoms with Crippen molar-refractivity contribution >= 4 is 22.8 Å². The maximum atomic E-state index is 12.0. The molecule has 1 heterocycles. The highest BCUT2D eigenvalue weighted by Crippen LogP contribution is 2.29. The number of carbonyl (C=O) groups excluding carboxylic acids is 2. The van der Waals surface area contributed by atoms with Gasteiger partial charge in [0.25, 0.3) is 5.91 Å². The van der Waals surface area contributed by atoms with E-state index in [0.717, 1.165) is 16.7 Å². The first-order valence-electron chi connectivity index (χ1n) is 4.69. The van der Waals surface area contributed by atoms with Crippen molar-refractivity contribution in [3.63, 3.8) is 0 Å². The first-order valence-corrected chi connectivity index (χ1v) is 5.51. The van der Waals surface area contributed by atoms with Crippen LogP contribution in [0.25, 0.3) is 0 Å². The molecule has 15 heavy (non-hydrogen) atoms. The summed E-state index contributed by atoms with van der Waals surface area (Å²) in [5, 5.41) is 0.0100. The lowest BCUT2D eigenvalue weighted by Gasteiger charge is -2.20. The van der Waals surface area contributed by atoms with Gasteiger partial charge in [0.1, 0.15) is 0 Å². The van der Waals surface area contributed by atoms with E-state index in [4.69, 9.17) is 0 Å². The molecule has 2 rings (SSSR count). The Morgan fingerprint density at radius 1 is 1.27 bits per heavy atom. The third kappa shape index (κ3) is 1.65. The summed E-state index contributed by atoms with van der Waals surface area (Å²) in [5.41, 5.74) is 0.614. The molecule has 1 amide bonds. The zero-order chi connectivity index (χ0) is 11.0. The van der Waals surface area contributed by atoms with E-state index in [0.29, 0.717) is 5.56 Å². The van der Waals surface area contributed by atoms with Crippen molar-refractivity contribution in [2.75, 3.05) is 7.05 Å². The minimum absolute atomic E-state index is 0.0100. The second-order valence-electron chi connectivity index (χ2n) is 3.51. The summed E-state index contributed by atoms with van der Waals surface area (Å²) in [4.78, 5) is 25.9. The summed E-state index contributed by atoms with van der Waals surface area (Å²) in [6.07, 6.45) is 0. The van der Waals surface area contributed by atoms with E-state index in [1.54, 1.807) is 20.0 Å². The van der Waals surface area contributed by atoms with Gasteiger partial charge in [-0.25, -0.2) is 0 Å². The van der Waals surface area contributed by atoms with Crippen LogP contribution in [0.4, 0.5) is 0 Å². The molecular weight excluding hydrogens is 210 g/mol. The Hall–Kier alpha value is -1.29. The Morgan fingerprint density at radius 3 is 2.67 bits per heavy atom. The molecule has 0 saturated carbocycles. The van der Waals surface area contributed by atoms with Crippen LogP contribution in [-0.2, 0) is 4.79 Å². The van der Waals surface area contributed by atoms with Crippen LogP contribution in [0.1, 0.15) is 17.3 Å².